The molecule has 2 rings (SSSR count). The number of nitrogen functional groups attached to an aromatic ring is 1. The minimum atomic E-state index is -0.172. The molecule has 0 aromatic heterocycles. The number of nitrogens with two attached hydrogens (primary N) is 1. The van der Waals surface area contributed by atoms with E-state index >= 15 is 0 Å². The van der Waals surface area contributed by atoms with Crippen LogP contribution in [0, 0.1) is 0 Å². The molecule has 5 heteroatoms. The van der Waals surface area contributed by atoms with Crippen molar-refractivity contribution in [2.24, 2.45) is 0 Å². The van der Waals surface area contributed by atoms with Gasteiger partial charge in [-0.15, -0.1) is 0 Å². The summed E-state index contributed by atoms with van der Waals surface area (Å²) in [5, 5.41) is 0. The Morgan fingerprint density at radius 3 is 2.33 bits per heavy atom. The summed E-state index contributed by atoms with van der Waals surface area (Å²) >= 11 is 0. The van der Waals surface area contributed by atoms with Crippen molar-refractivity contribution in [1.29, 1.82) is 0 Å². The van der Waals surface area contributed by atoms with Crippen LogP contribution in [0.5, 0.6) is 11.5 Å². The lowest BCUT2D eigenvalue weighted by atomic mass is 10.1. The summed E-state index contributed by atoms with van der Waals surface area (Å²) in [6.45, 7) is 0. The van der Waals surface area contributed by atoms with Crippen LogP contribution in [0.4, 0.5) is 11.4 Å². The smallest absolute Gasteiger partial charge is 0.258 e. The Labute approximate surface area is 123 Å². The lowest BCUT2D eigenvalue weighted by Gasteiger charge is -2.20. The number of amides is 1. The van der Waals surface area contributed by atoms with Crippen molar-refractivity contribution in [3.05, 3.63) is 48.0 Å². The molecule has 110 valence electrons. The summed E-state index contributed by atoms with van der Waals surface area (Å²) in [6.07, 6.45) is 0. The number of carbonyl (C=O) groups is 1. The first kappa shape index (κ1) is 14.7. The molecule has 0 atom stereocenters. The SMILES string of the molecule is COc1ccc(C(=O)N(C)c2ccccc2OC)cc1N. The number of anilines is 2. The molecule has 1 amide bonds. The lowest BCUT2D eigenvalue weighted by Crippen LogP contribution is -2.26. The predicted molar refractivity (Wildman–Crippen MR) is 83.1 cm³/mol. The molecule has 2 aromatic rings. The fraction of sp³-hybridized carbons (Fsp3) is 0.188. The highest BCUT2D eigenvalue weighted by atomic mass is 16.5. The van der Waals surface area contributed by atoms with E-state index in [1.54, 1.807) is 32.4 Å². The van der Waals surface area contributed by atoms with E-state index < -0.39 is 0 Å². The van der Waals surface area contributed by atoms with Crippen LogP contribution in [0.3, 0.4) is 0 Å². The summed E-state index contributed by atoms with van der Waals surface area (Å²) in [6, 6.07) is 12.3. The Morgan fingerprint density at radius 1 is 1.05 bits per heavy atom. The van der Waals surface area contributed by atoms with E-state index in [2.05, 4.69) is 0 Å². The number of ether oxygens (including phenoxy) is 2. The van der Waals surface area contributed by atoms with Crippen LogP contribution >= 0.6 is 0 Å². The van der Waals surface area contributed by atoms with Crippen LogP contribution in [0.25, 0.3) is 0 Å². The Balaban J connectivity index is 2.33. The first-order valence-corrected chi connectivity index (χ1v) is 6.43. The molecule has 0 radical (unpaired) electrons. The van der Waals surface area contributed by atoms with Gasteiger partial charge < -0.3 is 20.1 Å². The van der Waals surface area contributed by atoms with Crippen molar-refractivity contribution in [3.8, 4) is 11.5 Å². The zero-order valence-electron chi connectivity index (χ0n) is 12.3. The fourth-order valence-electron chi connectivity index (χ4n) is 2.08. The van der Waals surface area contributed by atoms with E-state index in [1.807, 2.05) is 24.3 Å². The number of benzene rings is 2. The Bertz CT molecular complexity index is 656. The zero-order chi connectivity index (χ0) is 15.4. The number of para-hydroxylation sites is 2. The average molecular weight is 286 g/mol. The lowest BCUT2D eigenvalue weighted by molar-refractivity contribution is 0.0992. The predicted octanol–water partition coefficient (Wildman–Crippen LogP) is 2.56. The molecule has 0 spiro atoms. The molecule has 0 saturated heterocycles. The normalized spacial score (nSPS) is 10.0. The van der Waals surface area contributed by atoms with Crippen molar-refractivity contribution in [2.45, 2.75) is 0 Å². The highest BCUT2D eigenvalue weighted by molar-refractivity contribution is 6.07. The molecule has 0 aliphatic heterocycles. The van der Waals surface area contributed by atoms with E-state index in [0.29, 0.717) is 28.4 Å². The monoisotopic (exact) mass is 286 g/mol. The molecule has 5 nitrogen and oxygen atoms in total. The third kappa shape index (κ3) is 2.91. The van der Waals surface area contributed by atoms with E-state index in [-0.39, 0.29) is 5.91 Å². The summed E-state index contributed by atoms with van der Waals surface area (Å²) in [5.41, 5.74) is 7.45. The van der Waals surface area contributed by atoms with Crippen LogP contribution in [0.2, 0.25) is 0 Å². The topological polar surface area (TPSA) is 64.8 Å². The van der Waals surface area contributed by atoms with Gasteiger partial charge in [-0.3, -0.25) is 4.79 Å². The van der Waals surface area contributed by atoms with Gasteiger partial charge in [0, 0.05) is 12.6 Å². The Hall–Kier alpha value is -2.69. The summed E-state index contributed by atoms with van der Waals surface area (Å²) < 4.78 is 10.4. The first-order chi connectivity index (χ1) is 10.1. The van der Waals surface area contributed by atoms with E-state index in [1.165, 1.54) is 12.0 Å². The van der Waals surface area contributed by atoms with Gasteiger partial charge in [0.05, 0.1) is 25.6 Å². The van der Waals surface area contributed by atoms with Gasteiger partial charge in [0.15, 0.2) is 0 Å². The van der Waals surface area contributed by atoms with Gasteiger partial charge in [-0.2, -0.15) is 0 Å². The highest BCUT2D eigenvalue weighted by Gasteiger charge is 2.17. The molecular formula is C16H18N2O3. The van der Waals surface area contributed by atoms with Crippen LogP contribution in [-0.2, 0) is 0 Å². The van der Waals surface area contributed by atoms with Gasteiger partial charge in [-0.1, -0.05) is 12.1 Å². The summed E-state index contributed by atoms with van der Waals surface area (Å²) in [7, 11) is 4.80. The number of carbonyl (C=O) groups excluding carboxylic acids is 1. The molecule has 0 aliphatic rings. The summed E-state index contributed by atoms with van der Waals surface area (Å²) in [4.78, 5) is 14.1. The maximum absolute atomic E-state index is 12.5. The molecule has 0 aliphatic carbocycles. The zero-order valence-corrected chi connectivity index (χ0v) is 12.3. The second kappa shape index (κ2) is 6.17. The third-order valence-electron chi connectivity index (χ3n) is 3.23. The van der Waals surface area contributed by atoms with E-state index in [9.17, 15) is 4.79 Å². The minimum Gasteiger partial charge on any atom is -0.495 e. The van der Waals surface area contributed by atoms with Gasteiger partial charge in [-0.05, 0) is 30.3 Å². The Morgan fingerprint density at radius 2 is 1.71 bits per heavy atom. The number of hydrogen-bond donors (Lipinski definition) is 1. The second-order valence-electron chi connectivity index (χ2n) is 4.49. The Kier molecular flexibility index (Phi) is 4.33. The van der Waals surface area contributed by atoms with Gasteiger partial charge in [0.2, 0.25) is 0 Å². The molecule has 0 saturated carbocycles. The van der Waals surface area contributed by atoms with Gasteiger partial charge in [0.25, 0.3) is 5.91 Å². The van der Waals surface area contributed by atoms with Crippen LogP contribution in [0.1, 0.15) is 10.4 Å². The largest absolute Gasteiger partial charge is 0.495 e. The summed E-state index contributed by atoms with van der Waals surface area (Å²) in [5.74, 6) is 1.01. The standard InChI is InChI=1S/C16H18N2O3/c1-18(13-6-4-5-7-15(13)21-3)16(19)11-8-9-14(20-2)12(17)10-11/h4-10H,17H2,1-3H3. The van der Waals surface area contributed by atoms with Crippen molar-refractivity contribution in [2.75, 3.05) is 31.9 Å². The van der Waals surface area contributed by atoms with E-state index in [0.717, 1.165) is 0 Å². The molecule has 2 N–H and O–H groups in total. The molecular weight excluding hydrogens is 268 g/mol. The quantitative estimate of drug-likeness (QED) is 0.877. The maximum atomic E-state index is 12.5. The molecule has 0 bridgehead atoms. The second-order valence-corrected chi connectivity index (χ2v) is 4.49. The van der Waals surface area contributed by atoms with Crippen LogP contribution in [0.15, 0.2) is 42.5 Å². The van der Waals surface area contributed by atoms with E-state index in [4.69, 9.17) is 15.2 Å². The molecule has 0 unspecified atom stereocenters. The maximum Gasteiger partial charge on any atom is 0.258 e. The van der Waals surface area contributed by atoms with Crippen molar-refractivity contribution >= 4 is 17.3 Å². The van der Waals surface area contributed by atoms with Crippen LogP contribution < -0.4 is 20.1 Å². The minimum absolute atomic E-state index is 0.172. The molecule has 0 fully saturated rings. The average Bonchev–Trinajstić information content (AvgIpc) is 2.53. The number of methoxy groups -OCH3 is 2. The van der Waals surface area contributed by atoms with Crippen molar-refractivity contribution in [1.82, 2.24) is 0 Å². The molecule has 0 heterocycles. The first-order valence-electron chi connectivity index (χ1n) is 6.43. The van der Waals surface area contributed by atoms with Crippen LogP contribution in [-0.4, -0.2) is 27.2 Å². The fourth-order valence-corrected chi connectivity index (χ4v) is 2.08. The van der Waals surface area contributed by atoms with Gasteiger partial charge >= 0.3 is 0 Å². The number of nitrogens with zero attached hydrogens (tertiary/aromatic N) is 1. The van der Waals surface area contributed by atoms with Crippen molar-refractivity contribution < 1.29 is 14.3 Å². The third-order valence-corrected chi connectivity index (χ3v) is 3.23. The van der Waals surface area contributed by atoms with Crippen molar-refractivity contribution in [3.63, 3.8) is 0 Å². The molecule has 2 aromatic carbocycles. The number of rotatable bonds is 4. The van der Waals surface area contributed by atoms with Gasteiger partial charge in [0.1, 0.15) is 11.5 Å². The van der Waals surface area contributed by atoms with Gasteiger partial charge in [-0.25, -0.2) is 0 Å². The molecule has 21 heavy (non-hydrogen) atoms. The number of hydrogen-bond acceptors (Lipinski definition) is 4. The highest BCUT2D eigenvalue weighted by Crippen LogP contribution is 2.29.